The zero-order chi connectivity index (χ0) is 19.6. The molecule has 1 N–H and O–H groups in total. The summed E-state index contributed by atoms with van der Waals surface area (Å²) in [5, 5.41) is 1.29. The van der Waals surface area contributed by atoms with E-state index >= 15 is 0 Å². The minimum atomic E-state index is 0.137. The predicted octanol–water partition coefficient (Wildman–Crippen LogP) is 4.18. The highest BCUT2D eigenvalue weighted by atomic mass is 15.3. The number of H-pyrrole nitrogens is 1. The third-order valence-corrected chi connectivity index (χ3v) is 5.84. The van der Waals surface area contributed by atoms with E-state index < -0.39 is 0 Å². The average molecular weight is 383 g/mol. The third kappa shape index (κ3) is 3.38. The lowest BCUT2D eigenvalue weighted by Gasteiger charge is -2.39. The normalized spacial score (nSPS) is 16.2. The topological polar surface area (TPSA) is 48.1 Å². The molecule has 4 heterocycles. The van der Waals surface area contributed by atoms with Crippen LogP contribution in [0.4, 0.5) is 5.82 Å². The van der Waals surface area contributed by atoms with Gasteiger partial charge in [0.1, 0.15) is 5.82 Å². The van der Waals surface area contributed by atoms with E-state index in [-0.39, 0.29) is 6.04 Å². The number of aromatic nitrogens is 3. The van der Waals surface area contributed by atoms with Gasteiger partial charge in [-0.05, 0) is 37.3 Å². The lowest BCUT2D eigenvalue weighted by atomic mass is 9.97. The zero-order valence-electron chi connectivity index (χ0n) is 16.6. The summed E-state index contributed by atoms with van der Waals surface area (Å²) in [5.41, 5.74) is 4.85. The van der Waals surface area contributed by atoms with Crippen LogP contribution < -0.4 is 4.90 Å². The lowest BCUT2D eigenvalue weighted by molar-refractivity contribution is 0.209. The average Bonchev–Trinajstić information content (AvgIpc) is 3.12. The SMILES string of the molecule is Cc1[nH]c2ccccc2c1[C@@H](c1ccccn1)N1CCN(c2ccccn2)CC1. The number of anilines is 1. The van der Waals surface area contributed by atoms with E-state index in [1.807, 2.05) is 24.5 Å². The Balaban J connectivity index is 1.50. The molecule has 1 fully saturated rings. The van der Waals surface area contributed by atoms with Crippen LogP contribution in [0, 0.1) is 6.92 Å². The largest absolute Gasteiger partial charge is 0.358 e. The molecule has 0 saturated carbocycles. The lowest BCUT2D eigenvalue weighted by Crippen LogP contribution is -2.48. The molecule has 29 heavy (non-hydrogen) atoms. The number of pyridine rings is 2. The number of piperazine rings is 1. The summed E-state index contributed by atoms with van der Waals surface area (Å²) in [4.78, 5) is 17.8. The van der Waals surface area contributed by atoms with Crippen LogP contribution in [0.3, 0.4) is 0 Å². The van der Waals surface area contributed by atoms with Crippen molar-refractivity contribution >= 4 is 16.7 Å². The van der Waals surface area contributed by atoms with Crippen molar-refractivity contribution in [3.63, 3.8) is 0 Å². The predicted molar refractivity (Wildman–Crippen MR) is 117 cm³/mol. The second-order valence-corrected chi connectivity index (χ2v) is 7.58. The number of benzene rings is 1. The number of aryl methyl sites for hydroxylation is 1. The molecule has 5 heteroatoms. The van der Waals surface area contributed by atoms with E-state index in [9.17, 15) is 0 Å². The van der Waals surface area contributed by atoms with Crippen molar-refractivity contribution in [1.82, 2.24) is 19.9 Å². The van der Waals surface area contributed by atoms with Gasteiger partial charge in [-0.2, -0.15) is 0 Å². The van der Waals surface area contributed by atoms with Crippen molar-refractivity contribution in [2.24, 2.45) is 0 Å². The van der Waals surface area contributed by atoms with Crippen molar-refractivity contribution in [2.45, 2.75) is 13.0 Å². The van der Waals surface area contributed by atoms with Crippen LogP contribution in [-0.4, -0.2) is 46.0 Å². The number of nitrogens with zero attached hydrogens (tertiary/aromatic N) is 4. The first kappa shape index (κ1) is 17.9. The highest BCUT2D eigenvalue weighted by Gasteiger charge is 2.30. The highest BCUT2D eigenvalue weighted by molar-refractivity contribution is 5.85. The Morgan fingerprint density at radius 3 is 2.28 bits per heavy atom. The number of rotatable bonds is 4. The summed E-state index contributed by atoms with van der Waals surface area (Å²) in [6.45, 7) is 6.03. The Bertz CT molecular complexity index is 1080. The molecule has 1 aromatic carbocycles. The van der Waals surface area contributed by atoms with Crippen molar-refractivity contribution in [1.29, 1.82) is 0 Å². The van der Waals surface area contributed by atoms with Crippen molar-refractivity contribution < 1.29 is 0 Å². The molecule has 0 spiro atoms. The number of para-hydroxylation sites is 1. The van der Waals surface area contributed by atoms with Crippen molar-refractivity contribution in [3.05, 3.63) is 90.0 Å². The molecule has 146 valence electrons. The van der Waals surface area contributed by atoms with E-state index in [0.29, 0.717) is 0 Å². The van der Waals surface area contributed by atoms with Gasteiger partial charge in [-0.1, -0.05) is 30.3 Å². The minimum Gasteiger partial charge on any atom is -0.358 e. The first-order valence-corrected chi connectivity index (χ1v) is 10.2. The fourth-order valence-corrected chi connectivity index (χ4v) is 4.46. The van der Waals surface area contributed by atoms with Gasteiger partial charge in [0.2, 0.25) is 0 Å². The molecule has 0 unspecified atom stereocenters. The quantitative estimate of drug-likeness (QED) is 0.574. The van der Waals surface area contributed by atoms with E-state index in [1.54, 1.807) is 0 Å². The molecule has 3 aromatic heterocycles. The maximum Gasteiger partial charge on any atom is 0.128 e. The molecule has 1 atom stereocenters. The number of hydrogen-bond acceptors (Lipinski definition) is 4. The third-order valence-electron chi connectivity index (χ3n) is 5.84. The van der Waals surface area contributed by atoms with Crippen LogP contribution in [0.25, 0.3) is 10.9 Å². The highest BCUT2D eigenvalue weighted by Crippen LogP contribution is 2.36. The Kier molecular flexibility index (Phi) is 4.74. The first-order chi connectivity index (χ1) is 14.3. The first-order valence-electron chi connectivity index (χ1n) is 10.2. The van der Waals surface area contributed by atoms with Gasteiger partial charge in [-0.15, -0.1) is 0 Å². The smallest absolute Gasteiger partial charge is 0.128 e. The fraction of sp³-hybridized carbons (Fsp3) is 0.250. The molecule has 0 bridgehead atoms. The number of nitrogens with one attached hydrogen (secondary N) is 1. The van der Waals surface area contributed by atoms with Gasteiger partial charge in [0, 0.05) is 60.7 Å². The minimum absolute atomic E-state index is 0.137. The van der Waals surface area contributed by atoms with Gasteiger partial charge in [-0.25, -0.2) is 4.98 Å². The molecular formula is C24H25N5. The Morgan fingerprint density at radius 1 is 0.828 bits per heavy atom. The van der Waals surface area contributed by atoms with E-state index in [0.717, 1.165) is 37.7 Å². The maximum atomic E-state index is 4.75. The van der Waals surface area contributed by atoms with Crippen molar-refractivity contribution in [2.75, 3.05) is 31.1 Å². The summed E-state index contributed by atoms with van der Waals surface area (Å²) in [5.74, 6) is 1.06. The van der Waals surface area contributed by atoms with E-state index in [2.05, 4.69) is 75.2 Å². The Labute approximate surface area is 171 Å². The van der Waals surface area contributed by atoms with Crippen LogP contribution >= 0.6 is 0 Å². The van der Waals surface area contributed by atoms with Gasteiger partial charge in [0.25, 0.3) is 0 Å². The van der Waals surface area contributed by atoms with E-state index in [4.69, 9.17) is 4.98 Å². The van der Waals surface area contributed by atoms with Gasteiger partial charge in [0.15, 0.2) is 0 Å². The Morgan fingerprint density at radius 2 is 1.55 bits per heavy atom. The van der Waals surface area contributed by atoms with Gasteiger partial charge >= 0.3 is 0 Å². The van der Waals surface area contributed by atoms with E-state index in [1.165, 1.54) is 22.2 Å². The molecule has 0 radical (unpaired) electrons. The van der Waals surface area contributed by atoms with Crippen LogP contribution in [0.15, 0.2) is 73.1 Å². The molecule has 1 aliphatic heterocycles. The van der Waals surface area contributed by atoms with Gasteiger partial charge < -0.3 is 9.88 Å². The summed E-state index contributed by atoms with van der Waals surface area (Å²) < 4.78 is 0. The summed E-state index contributed by atoms with van der Waals surface area (Å²) in [6.07, 6.45) is 3.77. The number of hydrogen-bond donors (Lipinski definition) is 1. The molecule has 1 aliphatic rings. The van der Waals surface area contributed by atoms with Gasteiger partial charge in [0.05, 0.1) is 11.7 Å². The molecule has 4 aromatic rings. The molecule has 5 nitrogen and oxygen atoms in total. The molecule has 0 aliphatic carbocycles. The van der Waals surface area contributed by atoms with Crippen LogP contribution in [0.1, 0.15) is 23.0 Å². The van der Waals surface area contributed by atoms with Crippen LogP contribution in [0.5, 0.6) is 0 Å². The number of fused-ring (bicyclic) bond motifs is 1. The Hall–Kier alpha value is -3.18. The standard InChI is InChI=1S/C24H25N5/c1-18-23(19-8-2-3-9-20(19)27-18)24(21-10-4-6-12-25-21)29-16-14-28(15-17-29)22-11-5-7-13-26-22/h2-13,24,27H,14-17H2,1H3/t24-/m1/s1. The zero-order valence-corrected chi connectivity index (χ0v) is 16.6. The number of aromatic amines is 1. The summed E-state index contributed by atoms with van der Waals surface area (Å²) in [7, 11) is 0. The molecule has 1 saturated heterocycles. The fourth-order valence-electron chi connectivity index (χ4n) is 4.46. The second-order valence-electron chi connectivity index (χ2n) is 7.58. The van der Waals surface area contributed by atoms with Crippen LogP contribution in [-0.2, 0) is 0 Å². The molecule has 5 rings (SSSR count). The second kappa shape index (κ2) is 7.68. The molecular weight excluding hydrogens is 358 g/mol. The molecule has 0 amide bonds. The van der Waals surface area contributed by atoms with Gasteiger partial charge in [-0.3, -0.25) is 9.88 Å². The summed E-state index contributed by atoms with van der Waals surface area (Å²) in [6, 6.07) is 21.1. The van der Waals surface area contributed by atoms with Crippen LogP contribution in [0.2, 0.25) is 0 Å². The van der Waals surface area contributed by atoms with Crippen molar-refractivity contribution in [3.8, 4) is 0 Å². The maximum absolute atomic E-state index is 4.75. The summed E-state index contributed by atoms with van der Waals surface area (Å²) >= 11 is 0. The monoisotopic (exact) mass is 383 g/mol.